The molecule has 1 amide bonds. The van der Waals surface area contributed by atoms with Crippen LogP contribution >= 0.6 is 0 Å². The number of amides is 1. The van der Waals surface area contributed by atoms with Crippen molar-refractivity contribution in [1.29, 1.82) is 5.41 Å². The first-order valence-electron chi connectivity index (χ1n) is 9.37. The highest BCUT2D eigenvalue weighted by molar-refractivity contribution is 6.01. The zero-order chi connectivity index (χ0) is 20.8. The fraction of sp³-hybridized carbons (Fsp3) is 0.174. The summed E-state index contributed by atoms with van der Waals surface area (Å²) in [5.74, 6) is -1.04. The molecule has 0 saturated heterocycles. The summed E-state index contributed by atoms with van der Waals surface area (Å²) < 4.78 is 5.15. The van der Waals surface area contributed by atoms with Gasteiger partial charge in [0.2, 0.25) is 0 Å². The highest BCUT2D eigenvalue weighted by Gasteiger charge is 2.23. The molecule has 0 aliphatic heterocycles. The number of ether oxygens (including phenoxy) is 1. The van der Waals surface area contributed by atoms with Crippen molar-refractivity contribution in [3.8, 4) is 0 Å². The quantitative estimate of drug-likeness (QED) is 0.328. The molecule has 3 rings (SSSR count). The van der Waals surface area contributed by atoms with E-state index in [-0.39, 0.29) is 12.4 Å². The van der Waals surface area contributed by atoms with Crippen molar-refractivity contribution in [3.05, 3.63) is 83.4 Å². The van der Waals surface area contributed by atoms with Crippen LogP contribution in [0.1, 0.15) is 28.4 Å². The van der Waals surface area contributed by atoms with E-state index in [2.05, 4.69) is 5.32 Å². The minimum absolute atomic E-state index is 0.127. The standard InChI is InChI=1S/C23H23N3O3/c1-2-29-23(28)20(13-15-10-11-16-6-3-4-7-17(16)12-15)26-22(27)19-9-5-8-18(14-19)21(24)25/h3-12,14,20H,2,13H2,1H3,(H3,24,25)(H,26,27). The summed E-state index contributed by atoms with van der Waals surface area (Å²) in [4.78, 5) is 25.2. The van der Waals surface area contributed by atoms with Gasteiger partial charge >= 0.3 is 5.97 Å². The Labute approximate surface area is 169 Å². The lowest BCUT2D eigenvalue weighted by atomic mass is 10.0. The largest absolute Gasteiger partial charge is 0.464 e. The topological polar surface area (TPSA) is 105 Å². The van der Waals surface area contributed by atoms with Crippen LogP contribution in [-0.4, -0.2) is 30.4 Å². The molecule has 4 N–H and O–H groups in total. The van der Waals surface area contributed by atoms with Gasteiger partial charge in [-0.15, -0.1) is 0 Å². The number of hydrogen-bond acceptors (Lipinski definition) is 4. The van der Waals surface area contributed by atoms with Crippen LogP contribution in [0.15, 0.2) is 66.7 Å². The van der Waals surface area contributed by atoms with E-state index >= 15 is 0 Å². The van der Waals surface area contributed by atoms with Crippen molar-refractivity contribution in [2.45, 2.75) is 19.4 Å². The second-order valence-corrected chi connectivity index (χ2v) is 6.66. The van der Waals surface area contributed by atoms with Gasteiger partial charge in [-0.25, -0.2) is 4.79 Å². The maximum Gasteiger partial charge on any atom is 0.328 e. The van der Waals surface area contributed by atoms with Crippen molar-refractivity contribution in [2.75, 3.05) is 6.61 Å². The van der Waals surface area contributed by atoms with Crippen LogP contribution in [0.2, 0.25) is 0 Å². The fourth-order valence-corrected chi connectivity index (χ4v) is 3.11. The molecule has 6 heteroatoms. The molecule has 6 nitrogen and oxygen atoms in total. The third-order valence-electron chi connectivity index (χ3n) is 4.57. The van der Waals surface area contributed by atoms with Crippen LogP contribution in [0.3, 0.4) is 0 Å². The minimum Gasteiger partial charge on any atom is -0.464 e. The van der Waals surface area contributed by atoms with Gasteiger partial charge in [0.15, 0.2) is 0 Å². The number of benzene rings is 3. The van der Waals surface area contributed by atoms with E-state index in [0.29, 0.717) is 17.5 Å². The van der Waals surface area contributed by atoms with Crippen molar-refractivity contribution < 1.29 is 14.3 Å². The Balaban J connectivity index is 1.82. The second kappa shape index (κ2) is 9.01. The lowest BCUT2D eigenvalue weighted by molar-refractivity contribution is -0.145. The van der Waals surface area contributed by atoms with Gasteiger partial charge < -0.3 is 15.8 Å². The number of rotatable bonds is 7. The number of carbonyl (C=O) groups excluding carboxylic acids is 2. The lowest BCUT2D eigenvalue weighted by Crippen LogP contribution is -2.43. The molecular weight excluding hydrogens is 366 g/mol. The zero-order valence-corrected chi connectivity index (χ0v) is 16.1. The van der Waals surface area contributed by atoms with Gasteiger partial charge in [0.05, 0.1) is 6.61 Å². The number of nitrogen functional groups attached to an aromatic ring is 1. The van der Waals surface area contributed by atoms with Crippen LogP contribution in [0.5, 0.6) is 0 Å². The maximum atomic E-state index is 12.7. The number of nitrogens with one attached hydrogen (secondary N) is 2. The molecule has 0 fully saturated rings. The number of amidine groups is 1. The average molecular weight is 389 g/mol. The van der Waals surface area contributed by atoms with Gasteiger partial charge in [0, 0.05) is 17.5 Å². The first-order valence-corrected chi connectivity index (χ1v) is 9.37. The summed E-state index contributed by atoms with van der Waals surface area (Å²) in [6.45, 7) is 1.95. The smallest absolute Gasteiger partial charge is 0.328 e. The van der Waals surface area contributed by atoms with Gasteiger partial charge in [0.1, 0.15) is 11.9 Å². The van der Waals surface area contributed by atoms with E-state index in [1.165, 1.54) is 6.07 Å². The maximum absolute atomic E-state index is 12.7. The number of hydrogen-bond donors (Lipinski definition) is 3. The van der Waals surface area contributed by atoms with E-state index in [1.54, 1.807) is 25.1 Å². The predicted octanol–water partition coefficient (Wildman–Crippen LogP) is 3.03. The molecule has 29 heavy (non-hydrogen) atoms. The molecule has 0 heterocycles. The van der Waals surface area contributed by atoms with Gasteiger partial charge in [-0.2, -0.15) is 0 Å². The normalized spacial score (nSPS) is 11.6. The number of nitrogens with two attached hydrogens (primary N) is 1. The monoisotopic (exact) mass is 389 g/mol. The Kier molecular flexibility index (Phi) is 6.24. The third-order valence-corrected chi connectivity index (χ3v) is 4.57. The van der Waals surface area contributed by atoms with E-state index in [1.807, 2.05) is 42.5 Å². The van der Waals surface area contributed by atoms with Gasteiger partial charge in [-0.1, -0.05) is 54.6 Å². The van der Waals surface area contributed by atoms with Crippen molar-refractivity contribution in [3.63, 3.8) is 0 Å². The molecule has 1 unspecified atom stereocenters. The van der Waals surface area contributed by atoms with Crippen molar-refractivity contribution in [2.24, 2.45) is 5.73 Å². The van der Waals surface area contributed by atoms with Crippen LogP contribution < -0.4 is 11.1 Å². The van der Waals surface area contributed by atoms with Crippen LogP contribution in [0.4, 0.5) is 0 Å². The molecule has 1 atom stereocenters. The number of esters is 1. The molecule has 0 radical (unpaired) electrons. The number of carbonyl (C=O) groups is 2. The van der Waals surface area contributed by atoms with E-state index in [9.17, 15) is 9.59 Å². The molecule has 0 aliphatic carbocycles. The first kappa shape index (κ1) is 20.1. The molecule has 3 aromatic rings. The Morgan fingerprint density at radius 1 is 1.00 bits per heavy atom. The minimum atomic E-state index is -0.829. The summed E-state index contributed by atoms with van der Waals surface area (Å²) in [6.07, 6.45) is 0.307. The van der Waals surface area contributed by atoms with E-state index in [4.69, 9.17) is 15.9 Å². The zero-order valence-electron chi connectivity index (χ0n) is 16.1. The first-order chi connectivity index (χ1) is 14.0. The summed E-state index contributed by atoms with van der Waals surface area (Å²) in [7, 11) is 0. The number of fused-ring (bicyclic) bond motifs is 1. The van der Waals surface area contributed by atoms with Crippen LogP contribution in [0, 0.1) is 5.41 Å². The second-order valence-electron chi connectivity index (χ2n) is 6.66. The molecule has 148 valence electrons. The Morgan fingerprint density at radius 2 is 1.72 bits per heavy atom. The molecule has 0 bridgehead atoms. The fourth-order valence-electron chi connectivity index (χ4n) is 3.11. The Bertz CT molecular complexity index is 1060. The predicted molar refractivity (Wildman–Crippen MR) is 113 cm³/mol. The lowest BCUT2D eigenvalue weighted by Gasteiger charge is -2.18. The van der Waals surface area contributed by atoms with Gasteiger partial charge in [-0.3, -0.25) is 10.2 Å². The SMILES string of the molecule is CCOC(=O)C(Cc1ccc2ccccc2c1)NC(=O)c1cccc(C(=N)N)c1. The summed E-state index contributed by atoms with van der Waals surface area (Å²) in [5, 5.41) is 12.4. The molecule has 0 saturated carbocycles. The summed E-state index contributed by atoms with van der Waals surface area (Å²) in [5.41, 5.74) is 7.18. The summed E-state index contributed by atoms with van der Waals surface area (Å²) in [6, 6.07) is 19.5. The highest BCUT2D eigenvalue weighted by Crippen LogP contribution is 2.17. The van der Waals surface area contributed by atoms with Crippen molar-refractivity contribution in [1.82, 2.24) is 5.32 Å². The summed E-state index contributed by atoms with van der Waals surface area (Å²) >= 11 is 0. The van der Waals surface area contributed by atoms with Crippen LogP contribution in [0.25, 0.3) is 10.8 Å². The van der Waals surface area contributed by atoms with Crippen molar-refractivity contribution >= 4 is 28.5 Å². The van der Waals surface area contributed by atoms with E-state index in [0.717, 1.165) is 16.3 Å². The van der Waals surface area contributed by atoms with E-state index < -0.39 is 17.9 Å². The molecule has 3 aromatic carbocycles. The Hall–Kier alpha value is -3.67. The Morgan fingerprint density at radius 3 is 2.45 bits per heavy atom. The van der Waals surface area contributed by atoms with Gasteiger partial charge in [0.25, 0.3) is 5.91 Å². The molecule has 0 aliphatic rings. The molecular formula is C23H23N3O3. The highest BCUT2D eigenvalue weighted by atomic mass is 16.5. The third kappa shape index (κ3) is 4.99. The molecule has 0 spiro atoms. The molecule has 0 aromatic heterocycles. The van der Waals surface area contributed by atoms with Crippen LogP contribution in [-0.2, 0) is 16.0 Å². The average Bonchev–Trinajstić information content (AvgIpc) is 2.73. The van der Waals surface area contributed by atoms with Gasteiger partial charge in [-0.05, 0) is 35.4 Å².